The quantitative estimate of drug-likeness (QED) is 0.658. The van der Waals surface area contributed by atoms with Crippen LogP contribution in [0.4, 0.5) is 17.6 Å². The molecular formula is C16H18F4N2O2. The standard InChI is InChI=1S/C16H18F4N2O2/c17-13-5-3-11(4-6-13)15(24)12-2-1-7-22(8-12)9-14(23)21-10-16(18,19)20/h3-6,12H,1-2,7-10H2,(H,21,23). The molecule has 0 aliphatic carbocycles. The van der Waals surface area contributed by atoms with Crippen LogP contribution in [0.5, 0.6) is 0 Å². The first kappa shape index (κ1) is 18.4. The van der Waals surface area contributed by atoms with Crippen molar-refractivity contribution < 1.29 is 27.2 Å². The van der Waals surface area contributed by atoms with Gasteiger partial charge in [0.05, 0.1) is 6.54 Å². The third-order valence-corrected chi connectivity index (χ3v) is 3.86. The molecule has 1 N–H and O–H groups in total. The van der Waals surface area contributed by atoms with Crippen molar-refractivity contribution in [2.24, 2.45) is 5.92 Å². The van der Waals surface area contributed by atoms with Gasteiger partial charge in [0, 0.05) is 18.0 Å². The van der Waals surface area contributed by atoms with Gasteiger partial charge in [-0.3, -0.25) is 14.5 Å². The lowest BCUT2D eigenvalue weighted by Gasteiger charge is -2.31. The predicted octanol–water partition coefficient (Wildman–Crippen LogP) is 2.40. The maximum atomic E-state index is 12.9. The van der Waals surface area contributed by atoms with E-state index in [0.717, 1.165) is 0 Å². The Morgan fingerprint density at radius 3 is 2.50 bits per heavy atom. The summed E-state index contributed by atoms with van der Waals surface area (Å²) in [6.45, 7) is -0.691. The Morgan fingerprint density at radius 1 is 1.21 bits per heavy atom. The van der Waals surface area contributed by atoms with Crippen molar-refractivity contribution in [1.82, 2.24) is 10.2 Å². The van der Waals surface area contributed by atoms with Crippen LogP contribution in [0.1, 0.15) is 23.2 Å². The lowest BCUT2D eigenvalue weighted by molar-refractivity contribution is -0.139. The minimum atomic E-state index is -4.45. The molecule has 4 nitrogen and oxygen atoms in total. The number of likely N-dealkylation sites (tertiary alicyclic amines) is 1. The Kier molecular flexibility index (Phi) is 5.93. The predicted molar refractivity (Wildman–Crippen MR) is 79.0 cm³/mol. The maximum absolute atomic E-state index is 12.9. The second-order valence-corrected chi connectivity index (χ2v) is 5.84. The molecule has 1 aliphatic heterocycles. The fourth-order valence-corrected chi connectivity index (χ4v) is 2.72. The molecule has 1 aromatic carbocycles. The number of rotatable bonds is 5. The van der Waals surface area contributed by atoms with E-state index in [0.29, 0.717) is 31.5 Å². The van der Waals surface area contributed by atoms with Crippen LogP contribution in [0, 0.1) is 11.7 Å². The zero-order valence-electron chi connectivity index (χ0n) is 12.9. The van der Waals surface area contributed by atoms with Crippen LogP contribution in [0.2, 0.25) is 0 Å². The number of piperidine rings is 1. The first-order chi connectivity index (χ1) is 11.2. The molecule has 8 heteroatoms. The zero-order chi connectivity index (χ0) is 17.7. The van der Waals surface area contributed by atoms with E-state index in [2.05, 4.69) is 0 Å². The average molecular weight is 346 g/mol. The summed E-state index contributed by atoms with van der Waals surface area (Å²) < 4.78 is 49.1. The summed E-state index contributed by atoms with van der Waals surface area (Å²) in [5, 5.41) is 1.82. The molecule has 0 bridgehead atoms. The van der Waals surface area contributed by atoms with E-state index in [-0.39, 0.29) is 18.2 Å². The number of halogens is 4. The number of Topliss-reactive ketones (excluding diaryl/α,β-unsaturated/α-hetero) is 1. The minimum absolute atomic E-state index is 0.143. The van der Waals surface area contributed by atoms with Gasteiger partial charge in [-0.1, -0.05) is 0 Å². The molecule has 1 fully saturated rings. The van der Waals surface area contributed by atoms with Crippen LogP contribution in [-0.2, 0) is 4.79 Å². The number of carbonyl (C=O) groups excluding carboxylic acids is 2. The summed E-state index contributed by atoms with van der Waals surface area (Å²) in [5.41, 5.74) is 0.393. The summed E-state index contributed by atoms with van der Waals surface area (Å²) in [6, 6.07) is 5.23. The summed E-state index contributed by atoms with van der Waals surface area (Å²) >= 11 is 0. The molecule has 1 aliphatic rings. The van der Waals surface area contributed by atoms with E-state index in [1.165, 1.54) is 24.3 Å². The highest BCUT2D eigenvalue weighted by atomic mass is 19.4. The first-order valence-corrected chi connectivity index (χ1v) is 7.60. The molecule has 24 heavy (non-hydrogen) atoms. The SMILES string of the molecule is O=C(CN1CCCC(C(=O)c2ccc(F)cc2)C1)NCC(F)(F)F. The Balaban J connectivity index is 1.88. The summed E-state index contributed by atoms with van der Waals surface area (Å²) in [5.74, 6) is -1.64. The van der Waals surface area contributed by atoms with Gasteiger partial charge in [0.25, 0.3) is 0 Å². The van der Waals surface area contributed by atoms with Gasteiger partial charge in [0.15, 0.2) is 5.78 Å². The molecule has 1 heterocycles. The third-order valence-electron chi connectivity index (χ3n) is 3.86. The lowest BCUT2D eigenvalue weighted by Crippen LogP contribution is -2.45. The molecule has 1 saturated heterocycles. The van der Waals surface area contributed by atoms with Crippen LogP contribution in [0.25, 0.3) is 0 Å². The average Bonchev–Trinajstić information content (AvgIpc) is 2.53. The van der Waals surface area contributed by atoms with Crippen molar-refractivity contribution in [3.63, 3.8) is 0 Å². The van der Waals surface area contributed by atoms with E-state index in [9.17, 15) is 27.2 Å². The topological polar surface area (TPSA) is 49.4 Å². The number of benzene rings is 1. The largest absolute Gasteiger partial charge is 0.405 e. The normalized spacial score (nSPS) is 19.1. The maximum Gasteiger partial charge on any atom is 0.405 e. The van der Waals surface area contributed by atoms with Crippen LogP contribution in [-0.4, -0.2) is 48.9 Å². The van der Waals surface area contributed by atoms with Crippen molar-refractivity contribution in [3.05, 3.63) is 35.6 Å². The van der Waals surface area contributed by atoms with E-state index < -0.39 is 24.4 Å². The number of alkyl halides is 3. The molecule has 0 radical (unpaired) electrons. The molecule has 0 saturated carbocycles. The van der Waals surface area contributed by atoms with Crippen LogP contribution < -0.4 is 5.32 Å². The van der Waals surface area contributed by atoms with E-state index in [1.54, 1.807) is 4.90 Å². The number of hydrogen-bond donors (Lipinski definition) is 1. The highest BCUT2D eigenvalue weighted by molar-refractivity contribution is 5.98. The van der Waals surface area contributed by atoms with Gasteiger partial charge in [-0.25, -0.2) is 4.39 Å². The molecule has 0 aromatic heterocycles. The van der Waals surface area contributed by atoms with Crippen molar-refractivity contribution in [1.29, 1.82) is 0 Å². The molecule has 0 spiro atoms. The van der Waals surface area contributed by atoms with Gasteiger partial charge in [-0.2, -0.15) is 13.2 Å². The fraction of sp³-hybridized carbons (Fsp3) is 0.500. The Labute approximate surface area is 136 Å². The monoisotopic (exact) mass is 346 g/mol. The molecular weight excluding hydrogens is 328 g/mol. The van der Waals surface area contributed by atoms with Crippen molar-refractivity contribution in [2.75, 3.05) is 26.2 Å². The van der Waals surface area contributed by atoms with Gasteiger partial charge in [0.2, 0.25) is 5.91 Å². The van der Waals surface area contributed by atoms with Gasteiger partial charge in [0.1, 0.15) is 12.4 Å². The van der Waals surface area contributed by atoms with Crippen LogP contribution in [0.3, 0.4) is 0 Å². The number of carbonyl (C=O) groups is 2. The second-order valence-electron chi connectivity index (χ2n) is 5.84. The Morgan fingerprint density at radius 2 is 1.88 bits per heavy atom. The number of amides is 1. The van der Waals surface area contributed by atoms with Gasteiger partial charge in [-0.15, -0.1) is 0 Å². The first-order valence-electron chi connectivity index (χ1n) is 7.60. The van der Waals surface area contributed by atoms with Gasteiger partial charge < -0.3 is 5.32 Å². The molecule has 1 atom stereocenters. The number of ketones is 1. The number of hydrogen-bond acceptors (Lipinski definition) is 3. The lowest BCUT2D eigenvalue weighted by atomic mass is 9.90. The van der Waals surface area contributed by atoms with Crippen LogP contribution >= 0.6 is 0 Å². The van der Waals surface area contributed by atoms with Crippen molar-refractivity contribution in [2.45, 2.75) is 19.0 Å². The van der Waals surface area contributed by atoms with Gasteiger partial charge >= 0.3 is 6.18 Å². The van der Waals surface area contributed by atoms with E-state index >= 15 is 0 Å². The van der Waals surface area contributed by atoms with Gasteiger partial charge in [-0.05, 0) is 43.7 Å². The smallest absolute Gasteiger partial charge is 0.346 e. The Bertz CT molecular complexity index is 587. The summed E-state index contributed by atoms with van der Waals surface area (Å²) in [6.07, 6.45) is -3.14. The molecule has 2 rings (SSSR count). The zero-order valence-corrected chi connectivity index (χ0v) is 12.9. The fourth-order valence-electron chi connectivity index (χ4n) is 2.72. The summed E-state index contributed by atoms with van der Waals surface area (Å²) in [4.78, 5) is 25.6. The van der Waals surface area contributed by atoms with Crippen molar-refractivity contribution >= 4 is 11.7 Å². The summed E-state index contributed by atoms with van der Waals surface area (Å²) in [7, 11) is 0. The highest BCUT2D eigenvalue weighted by Gasteiger charge is 2.30. The molecule has 1 aromatic rings. The van der Waals surface area contributed by atoms with E-state index in [1.807, 2.05) is 5.32 Å². The van der Waals surface area contributed by atoms with Crippen LogP contribution in [0.15, 0.2) is 24.3 Å². The number of nitrogens with one attached hydrogen (secondary N) is 1. The Hall–Kier alpha value is -1.96. The molecule has 1 amide bonds. The molecule has 132 valence electrons. The third kappa shape index (κ3) is 5.59. The molecule has 1 unspecified atom stereocenters. The minimum Gasteiger partial charge on any atom is -0.346 e. The van der Waals surface area contributed by atoms with Crippen molar-refractivity contribution in [3.8, 4) is 0 Å². The number of nitrogens with zero attached hydrogens (tertiary/aromatic N) is 1. The van der Waals surface area contributed by atoms with E-state index in [4.69, 9.17) is 0 Å². The highest BCUT2D eigenvalue weighted by Crippen LogP contribution is 2.21. The second kappa shape index (κ2) is 7.74.